The Labute approximate surface area is 169 Å². The number of aromatic hydroxyl groups is 1. The Morgan fingerprint density at radius 3 is 1.90 bits per heavy atom. The van der Waals surface area contributed by atoms with Crippen molar-refractivity contribution in [3.63, 3.8) is 0 Å². The van der Waals surface area contributed by atoms with Gasteiger partial charge in [0.25, 0.3) is 0 Å². The third-order valence-electron chi connectivity index (χ3n) is 4.07. The van der Waals surface area contributed by atoms with Crippen LogP contribution in [-0.2, 0) is 20.8 Å². The molecule has 0 unspecified atom stereocenters. The standard InChI is InChI=1S/C9H11NO3.C5H9NO2.C5H11NO2/c10-8(9(12)13)5-6-1-3-7(11)4-2-6;7-5(8)4-2-1-3-6-4;1-3(2)4(6)5(7)8/h1-4,8,11H,5,10H2,(H,12,13);4,6H,1-3H2,(H,7,8);3-4H,6H2,1-2H3,(H,7,8)/t8-;2*4-/m000/s1. The summed E-state index contributed by atoms with van der Waals surface area (Å²) in [6.45, 7) is 4.41. The second kappa shape index (κ2) is 13.5. The van der Waals surface area contributed by atoms with E-state index in [1.54, 1.807) is 26.0 Å². The average molecular weight is 413 g/mol. The number of nitrogens with one attached hydrogen (secondary N) is 1. The van der Waals surface area contributed by atoms with Gasteiger partial charge >= 0.3 is 17.9 Å². The molecule has 1 fully saturated rings. The Bertz CT molecular complexity index is 632. The molecule has 0 amide bonds. The van der Waals surface area contributed by atoms with Crippen LogP contribution in [0.25, 0.3) is 0 Å². The second-order valence-corrected chi connectivity index (χ2v) is 6.91. The van der Waals surface area contributed by atoms with Crippen LogP contribution >= 0.6 is 0 Å². The van der Waals surface area contributed by atoms with Crippen molar-refractivity contribution in [1.29, 1.82) is 0 Å². The largest absolute Gasteiger partial charge is 0.508 e. The number of hydrogen-bond acceptors (Lipinski definition) is 7. The summed E-state index contributed by atoms with van der Waals surface area (Å²) in [5.41, 5.74) is 11.3. The van der Waals surface area contributed by atoms with Gasteiger partial charge in [-0.3, -0.25) is 14.4 Å². The average Bonchev–Trinajstić information content (AvgIpc) is 3.19. The van der Waals surface area contributed by atoms with Crippen molar-refractivity contribution in [3.8, 4) is 5.75 Å². The van der Waals surface area contributed by atoms with Crippen LogP contribution < -0.4 is 16.8 Å². The highest BCUT2D eigenvalue weighted by atomic mass is 16.4. The summed E-state index contributed by atoms with van der Waals surface area (Å²) in [5, 5.41) is 36.9. The first-order valence-electron chi connectivity index (χ1n) is 9.16. The first kappa shape index (κ1) is 26.3. The molecular formula is C19H31N3O7. The molecule has 0 spiro atoms. The summed E-state index contributed by atoms with van der Waals surface area (Å²) in [6, 6.07) is 4.44. The lowest BCUT2D eigenvalue weighted by Gasteiger charge is -2.07. The minimum absolute atomic E-state index is 0.0208. The van der Waals surface area contributed by atoms with E-state index in [2.05, 4.69) is 5.32 Å². The number of carboxylic acids is 3. The molecule has 164 valence electrons. The number of phenols is 1. The van der Waals surface area contributed by atoms with Gasteiger partial charge in [0.15, 0.2) is 0 Å². The van der Waals surface area contributed by atoms with Gasteiger partial charge in [0.05, 0.1) is 0 Å². The molecule has 3 atom stereocenters. The number of hydrogen-bond donors (Lipinski definition) is 7. The van der Waals surface area contributed by atoms with Crippen LogP contribution in [0.4, 0.5) is 0 Å². The Kier molecular flexibility index (Phi) is 12.2. The number of nitrogens with two attached hydrogens (primary N) is 2. The van der Waals surface area contributed by atoms with Gasteiger partial charge in [-0.25, -0.2) is 0 Å². The maximum absolute atomic E-state index is 10.4. The molecule has 0 bridgehead atoms. The zero-order chi connectivity index (χ0) is 22.6. The SMILES string of the molecule is CC(C)[C@H](N)C(=O)O.N[C@@H](Cc1ccc(O)cc1)C(=O)O.O=C(O)[C@@H]1CCCN1. The fraction of sp³-hybridized carbons (Fsp3) is 0.526. The van der Waals surface area contributed by atoms with Crippen LogP contribution in [0.2, 0.25) is 0 Å². The van der Waals surface area contributed by atoms with E-state index in [4.69, 9.17) is 31.9 Å². The van der Waals surface area contributed by atoms with E-state index in [-0.39, 0.29) is 24.1 Å². The number of rotatable bonds is 6. The molecule has 10 nitrogen and oxygen atoms in total. The van der Waals surface area contributed by atoms with E-state index in [0.29, 0.717) is 0 Å². The van der Waals surface area contributed by atoms with E-state index in [1.165, 1.54) is 12.1 Å². The Morgan fingerprint density at radius 2 is 1.62 bits per heavy atom. The monoisotopic (exact) mass is 413 g/mol. The number of benzene rings is 1. The van der Waals surface area contributed by atoms with E-state index in [0.717, 1.165) is 24.9 Å². The molecule has 1 saturated heterocycles. The molecule has 1 aliphatic heterocycles. The molecule has 9 N–H and O–H groups in total. The summed E-state index contributed by atoms with van der Waals surface area (Å²) in [6.07, 6.45) is 2.06. The van der Waals surface area contributed by atoms with Crippen molar-refractivity contribution in [1.82, 2.24) is 5.32 Å². The molecule has 1 aromatic carbocycles. The predicted molar refractivity (Wildman–Crippen MR) is 107 cm³/mol. The highest BCUT2D eigenvalue weighted by molar-refractivity contribution is 5.74. The number of aliphatic carboxylic acids is 3. The van der Waals surface area contributed by atoms with Crippen molar-refractivity contribution in [2.75, 3.05) is 6.54 Å². The van der Waals surface area contributed by atoms with Crippen molar-refractivity contribution in [2.45, 2.75) is 51.2 Å². The minimum Gasteiger partial charge on any atom is -0.508 e. The molecule has 1 heterocycles. The normalized spacial score (nSPS) is 17.2. The zero-order valence-corrected chi connectivity index (χ0v) is 16.6. The summed E-state index contributed by atoms with van der Waals surface area (Å²) in [7, 11) is 0. The van der Waals surface area contributed by atoms with Crippen molar-refractivity contribution < 1.29 is 34.8 Å². The Hall–Kier alpha value is -2.69. The quantitative estimate of drug-likeness (QED) is 0.339. The summed E-state index contributed by atoms with van der Waals surface area (Å²) in [4.78, 5) is 30.6. The van der Waals surface area contributed by atoms with Gasteiger partial charge < -0.3 is 37.2 Å². The van der Waals surface area contributed by atoms with Crippen LogP contribution in [0.3, 0.4) is 0 Å². The summed E-state index contributed by atoms with van der Waals surface area (Å²) >= 11 is 0. The molecule has 0 radical (unpaired) electrons. The van der Waals surface area contributed by atoms with Crippen LogP contribution in [0, 0.1) is 5.92 Å². The van der Waals surface area contributed by atoms with Gasteiger partial charge in [-0.2, -0.15) is 0 Å². The number of phenolic OH excluding ortho intramolecular Hbond substituents is 1. The molecule has 1 aromatic rings. The Balaban J connectivity index is 0.000000427. The molecular weight excluding hydrogens is 382 g/mol. The van der Waals surface area contributed by atoms with Gasteiger partial charge in [0, 0.05) is 0 Å². The molecule has 0 aliphatic carbocycles. The van der Waals surface area contributed by atoms with E-state index in [9.17, 15) is 14.4 Å². The third-order valence-corrected chi connectivity index (χ3v) is 4.07. The van der Waals surface area contributed by atoms with Crippen LogP contribution in [-0.4, -0.2) is 63.0 Å². The lowest BCUT2D eigenvalue weighted by atomic mass is 10.1. The highest BCUT2D eigenvalue weighted by Crippen LogP contribution is 2.10. The van der Waals surface area contributed by atoms with Gasteiger partial charge in [0.1, 0.15) is 23.9 Å². The van der Waals surface area contributed by atoms with Gasteiger partial charge in [-0.15, -0.1) is 0 Å². The Morgan fingerprint density at radius 1 is 1.07 bits per heavy atom. The molecule has 0 aromatic heterocycles. The lowest BCUT2D eigenvalue weighted by Crippen LogP contribution is -2.34. The molecule has 0 saturated carbocycles. The fourth-order valence-electron chi connectivity index (χ4n) is 2.15. The van der Waals surface area contributed by atoms with Gasteiger partial charge in [0.2, 0.25) is 0 Å². The van der Waals surface area contributed by atoms with Crippen LogP contribution in [0.15, 0.2) is 24.3 Å². The summed E-state index contributed by atoms with van der Waals surface area (Å²) in [5.74, 6) is -2.49. The second-order valence-electron chi connectivity index (χ2n) is 6.91. The smallest absolute Gasteiger partial charge is 0.320 e. The first-order valence-corrected chi connectivity index (χ1v) is 9.16. The van der Waals surface area contributed by atoms with Crippen molar-refractivity contribution in [2.24, 2.45) is 17.4 Å². The minimum atomic E-state index is -1.02. The lowest BCUT2D eigenvalue weighted by molar-refractivity contribution is -0.140. The molecule has 2 rings (SSSR count). The molecule has 10 heteroatoms. The third kappa shape index (κ3) is 11.7. The number of carbonyl (C=O) groups is 3. The topological polar surface area (TPSA) is 196 Å². The van der Waals surface area contributed by atoms with Crippen molar-refractivity contribution >= 4 is 17.9 Å². The van der Waals surface area contributed by atoms with Crippen LogP contribution in [0.1, 0.15) is 32.3 Å². The summed E-state index contributed by atoms with van der Waals surface area (Å²) < 4.78 is 0. The maximum Gasteiger partial charge on any atom is 0.320 e. The first-order chi connectivity index (χ1) is 13.5. The molecule has 29 heavy (non-hydrogen) atoms. The highest BCUT2D eigenvalue weighted by Gasteiger charge is 2.20. The van der Waals surface area contributed by atoms with Crippen LogP contribution in [0.5, 0.6) is 5.75 Å². The van der Waals surface area contributed by atoms with Crippen molar-refractivity contribution in [3.05, 3.63) is 29.8 Å². The number of carboxylic acid groups (broad SMARTS) is 3. The maximum atomic E-state index is 10.4. The van der Waals surface area contributed by atoms with Gasteiger partial charge in [-0.1, -0.05) is 26.0 Å². The fourth-order valence-corrected chi connectivity index (χ4v) is 2.15. The molecule has 1 aliphatic rings. The van der Waals surface area contributed by atoms with E-state index >= 15 is 0 Å². The van der Waals surface area contributed by atoms with Gasteiger partial charge in [-0.05, 0) is 49.4 Å². The van der Waals surface area contributed by atoms with E-state index in [1.807, 2.05) is 0 Å². The zero-order valence-electron chi connectivity index (χ0n) is 16.6. The van der Waals surface area contributed by atoms with E-state index < -0.39 is 30.0 Å². The predicted octanol–water partition coefficient (Wildman–Crippen LogP) is 0.224.